The van der Waals surface area contributed by atoms with Crippen molar-refractivity contribution in [2.24, 2.45) is 22.9 Å². The van der Waals surface area contributed by atoms with Crippen LogP contribution in [0.4, 0.5) is 4.39 Å². The summed E-state index contributed by atoms with van der Waals surface area (Å²) in [6.07, 6.45) is 5.33. The highest BCUT2D eigenvalue weighted by Gasteiger charge is 2.40. The van der Waals surface area contributed by atoms with Crippen molar-refractivity contribution in [3.05, 3.63) is 29.6 Å². The van der Waals surface area contributed by atoms with Gasteiger partial charge in [-0.05, 0) is 55.2 Å². The molecule has 2 aliphatic carbocycles. The SMILES string of the molecule is NS(=O)(=O)c1ccc(F)c(CNC(=O)CC2CC3CCC2C3)c1. The highest BCUT2D eigenvalue weighted by atomic mass is 32.2. The zero-order chi connectivity index (χ0) is 16.6. The summed E-state index contributed by atoms with van der Waals surface area (Å²) in [5, 5.41) is 7.73. The smallest absolute Gasteiger partial charge is 0.238 e. The fraction of sp³-hybridized carbons (Fsp3) is 0.562. The predicted octanol–water partition coefficient (Wildman–Crippen LogP) is 1.92. The Morgan fingerprint density at radius 3 is 2.70 bits per heavy atom. The number of hydrogen-bond acceptors (Lipinski definition) is 3. The first-order chi connectivity index (χ1) is 10.8. The van der Waals surface area contributed by atoms with Crippen molar-refractivity contribution in [3.8, 4) is 0 Å². The van der Waals surface area contributed by atoms with Gasteiger partial charge in [0.1, 0.15) is 5.82 Å². The molecule has 0 saturated heterocycles. The minimum atomic E-state index is -3.88. The van der Waals surface area contributed by atoms with E-state index < -0.39 is 15.8 Å². The standard InChI is InChI=1S/C16H21FN2O3S/c17-15-4-3-14(23(18,21)22)7-13(15)9-19-16(20)8-12-6-10-1-2-11(12)5-10/h3-4,7,10-12H,1-2,5-6,8-9H2,(H,19,20)(H2,18,21,22). The summed E-state index contributed by atoms with van der Waals surface area (Å²) < 4.78 is 36.4. The second kappa shape index (κ2) is 6.20. The molecule has 3 rings (SSSR count). The fourth-order valence-electron chi connectivity index (χ4n) is 3.99. The summed E-state index contributed by atoms with van der Waals surface area (Å²) in [7, 11) is -3.88. The minimum Gasteiger partial charge on any atom is -0.352 e. The van der Waals surface area contributed by atoms with Gasteiger partial charge in [0.05, 0.1) is 4.90 Å². The van der Waals surface area contributed by atoms with Gasteiger partial charge in [0.2, 0.25) is 15.9 Å². The number of hydrogen-bond donors (Lipinski definition) is 2. The van der Waals surface area contributed by atoms with E-state index in [0.29, 0.717) is 18.3 Å². The predicted molar refractivity (Wildman–Crippen MR) is 83.2 cm³/mol. The number of benzene rings is 1. The van der Waals surface area contributed by atoms with Crippen molar-refractivity contribution >= 4 is 15.9 Å². The lowest BCUT2D eigenvalue weighted by Gasteiger charge is -2.20. The second-order valence-corrected chi connectivity index (χ2v) is 8.28. The number of nitrogens with one attached hydrogen (secondary N) is 1. The lowest BCUT2D eigenvalue weighted by Crippen LogP contribution is -2.27. The quantitative estimate of drug-likeness (QED) is 0.858. The van der Waals surface area contributed by atoms with Crippen molar-refractivity contribution < 1.29 is 17.6 Å². The zero-order valence-electron chi connectivity index (χ0n) is 12.8. The average molecular weight is 340 g/mol. The first kappa shape index (κ1) is 16.4. The number of sulfonamides is 1. The third-order valence-corrected chi connectivity index (χ3v) is 6.06. The molecule has 1 amide bonds. The van der Waals surface area contributed by atoms with Crippen LogP contribution in [0.3, 0.4) is 0 Å². The van der Waals surface area contributed by atoms with Crippen molar-refractivity contribution in [3.63, 3.8) is 0 Å². The molecular formula is C16H21FN2O3S. The maximum atomic E-state index is 13.7. The van der Waals surface area contributed by atoms with Gasteiger partial charge in [0, 0.05) is 18.5 Å². The molecule has 2 bridgehead atoms. The maximum Gasteiger partial charge on any atom is 0.238 e. The largest absolute Gasteiger partial charge is 0.352 e. The van der Waals surface area contributed by atoms with Crippen LogP contribution in [-0.4, -0.2) is 14.3 Å². The Balaban J connectivity index is 1.58. The molecular weight excluding hydrogens is 319 g/mol. The fourth-order valence-corrected chi connectivity index (χ4v) is 4.56. The highest BCUT2D eigenvalue weighted by molar-refractivity contribution is 7.89. The van der Waals surface area contributed by atoms with E-state index in [1.165, 1.54) is 25.3 Å². The van der Waals surface area contributed by atoms with Crippen LogP contribution in [0.15, 0.2) is 23.1 Å². The van der Waals surface area contributed by atoms with Gasteiger partial charge in [0.25, 0.3) is 0 Å². The van der Waals surface area contributed by atoms with E-state index in [-0.39, 0.29) is 22.9 Å². The molecule has 1 aromatic carbocycles. The first-order valence-electron chi connectivity index (χ1n) is 7.91. The molecule has 2 aliphatic rings. The van der Waals surface area contributed by atoms with E-state index in [2.05, 4.69) is 5.32 Å². The number of primary sulfonamides is 1. The molecule has 3 N–H and O–H groups in total. The number of halogens is 1. The van der Waals surface area contributed by atoms with Crippen LogP contribution in [0.5, 0.6) is 0 Å². The molecule has 7 heteroatoms. The lowest BCUT2D eigenvalue weighted by molar-refractivity contribution is -0.122. The number of fused-ring (bicyclic) bond motifs is 2. The first-order valence-corrected chi connectivity index (χ1v) is 9.45. The molecule has 3 atom stereocenters. The van der Waals surface area contributed by atoms with Gasteiger partial charge in [-0.2, -0.15) is 0 Å². The minimum absolute atomic E-state index is 0.0329. The Labute approximate surface area is 135 Å². The molecule has 23 heavy (non-hydrogen) atoms. The molecule has 0 heterocycles. The third-order valence-electron chi connectivity index (χ3n) is 5.15. The highest BCUT2D eigenvalue weighted by Crippen LogP contribution is 2.49. The van der Waals surface area contributed by atoms with Crippen LogP contribution >= 0.6 is 0 Å². The van der Waals surface area contributed by atoms with Crippen molar-refractivity contribution in [2.45, 2.75) is 43.5 Å². The van der Waals surface area contributed by atoms with E-state index in [9.17, 15) is 17.6 Å². The Morgan fingerprint density at radius 1 is 1.30 bits per heavy atom. The molecule has 126 valence electrons. The van der Waals surface area contributed by atoms with Gasteiger partial charge in [-0.15, -0.1) is 0 Å². The normalized spacial score (nSPS) is 26.4. The molecule has 3 unspecified atom stereocenters. The van der Waals surface area contributed by atoms with E-state index in [1.807, 2.05) is 0 Å². The lowest BCUT2D eigenvalue weighted by atomic mass is 9.86. The average Bonchev–Trinajstić information content (AvgIpc) is 3.07. The summed E-state index contributed by atoms with van der Waals surface area (Å²) in [5.74, 6) is 1.21. The number of carbonyl (C=O) groups is 1. The Bertz CT molecular complexity index is 720. The Kier molecular flexibility index (Phi) is 4.42. The van der Waals surface area contributed by atoms with E-state index >= 15 is 0 Å². The molecule has 0 aromatic heterocycles. The second-order valence-electron chi connectivity index (χ2n) is 6.71. The number of nitrogens with two attached hydrogens (primary N) is 1. The van der Waals surface area contributed by atoms with Gasteiger partial charge >= 0.3 is 0 Å². The number of rotatable bonds is 5. The van der Waals surface area contributed by atoms with Crippen LogP contribution < -0.4 is 10.5 Å². The molecule has 0 aliphatic heterocycles. The van der Waals surface area contributed by atoms with Gasteiger partial charge in [-0.1, -0.05) is 6.42 Å². The van der Waals surface area contributed by atoms with Crippen LogP contribution in [0.2, 0.25) is 0 Å². The van der Waals surface area contributed by atoms with Crippen molar-refractivity contribution in [2.75, 3.05) is 0 Å². The van der Waals surface area contributed by atoms with Gasteiger partial charge in [0.15, 0.2) is 0 Å². The van der Waals surface area contributed by atoms with Crippen LogP contribution in [0.1, 0.15) is 37.7 Å². The summed E-state index contributed by atoms with van der Waals surface area (Å²) in [5.41, 5.74) is 0.123. The van der Waals surface area contributed by atoms with Crippen LogP contribution in [0.25, 0.3) is 0 Å². The Hall–Kier alpha value is -1.47. The Morgan fingerprint density at radius 2 is 2.09 bits per heavy atom. The van der Waals surface area contributed by atoms with Gasteiger partial charge in [-0.3, -0.25) is 4.79 Å². The number of amides is 1. The molecule has 0 spiro atoms. The van der Waals surface area contributed by atoms with Crippen LogP contribution in [0, 0.1) is 23.6 Å². The molecule has 5 nitrogen and oxygen atoms in total. The molecule has 2 fully saturated rings. The topological polar surface area (TPSA) is 89.3 Å². The van der Waals surface area contributed by atoms with Crippen LogP contribution in [-0.2, 0) is 21.4 Å². The summed E-state index contributed by atoms with van der Waals surface area (Å²) in [6.45, 7) is -0.0329. The number of carbonyl (C=O) groups excluding carboxylic acids is 1. The molecule has 1 aromatic rings. The summed E-state index contributed by atoms with van der Waals surface area (Å²) >= 11 is 0. The van der Waals surface area contributed by atoms with Gasteiger partial charge < -0.3 is 5.32 Å². The zero-order valence-corrected chi connectivity index (χ0v) is 13.6. The summed E-state index contributed by atoms with van der Waals surface area (Å²) in [6, 6.07) is 3.34. The molecule has 2 saturated carbocycles. The monoisotopic (exact) mass is 340 g/mol. The third kappa shape index (κ3) is 3.72. The van der Waals surface area contributed by atoms with Crippen molar-refractivity contribution in [1.82, 2.24) is 5.32 Å². The van der Waals surface area contributed by atoms with Crippen molar-refractivity contribution in [1.29, 1.82) is 0 Å². The maximum absolute atomic E-state index is 13.7. The molecule has 0 radical (unpaired) electrons. The van der Waals surface area contributed by atoms with Gasteiger partial charge in [-0.25, -0.2) is 17.9 Å². The van der Waals surface area contributed by atoms with E-state index in [1.54, 1.807) is 0 Å². The van der Waals surface area contributed by atoms with E-state index in [4.69, 9.17) is 5.14 Å². The summed E-state index contributed by atoms with van der Waals surface area (Å²) in [4.78, 5) is 11.9. The van der Waals surface area contributed by atoms with E-state index in [0.717, 1.165) is 24.5 Å².